The number of hydrogen-bond donors (Lipinski definition) is 1. The number of carbonyl (C=O) groups excluding carboxylic acids is 2. The molecule has 2 atom stereocenters. The van der Waals surface area contributed by atoms with Crippen LogP contribution in [0.1, 0.15) is 239 Å². The van der Waals surface area contributed by atoms with Gasteiger partial charge in [-0.1, -0.05) is 232 Å². The Bertz CT molecular complexity index is 1610. The van der Waals surface area contributed by atoms with Crippen LogP contribution in [-0.4, -0.2) is 87.4 Å². The molecule has 434 valence electrons. The monoisotopic (exact) mass is 1060 g/mol. The van der Waals surface area contributed by atoms with Crippen LogP contribution in [0.15, 0.2) is 109 Å². The van der Waals surface area contributed by atoms with Crippen molar-refractivity contribution in [1.82, 2.24) is 0 Å². The van der Waals surface area contributed by atoms with Gasteiger partial charge in [0, 0.05) is 12.8 Å². The van der Waals surface area contributed by atoms with Gasteiger partial charge in [0.25, 0.3) is 6.29 Å². The zero-order chi connectivity index (χ0) is 55.5. The molecule has 0 aromatic carbocycles. The van der Waals surface area contributed by atoms with E-state index in [2.05, 4.69) is 123 Å². The van der Waals surface area contributed by atoms with E-state index < -0.39 is 24.3 Å². The highest BCUT2D eigenvalue weighted by Gasteiger charge is 2.25. The molecule has 0 aliphatic rings. The summed E-state index contributed by atoms with van der Waals surface area (Å²) in [4.78, 5) is 37.4. The second kappa shape index (κ2) is 57.1. The minimum Gasteiger partial charge on any atom is -0.477 e. The summed E-state index contributed by atoms with van der Waals surface area (Å²) >= 11 is 0. The van der Waals surface area contributed by atoms with Gasteiger partial charge in [0.05, 0.1) is 34.4 Å². The fourth-order valence-electron chi connectivity index (χ4n) is 8.08. The Kier molecular flexibility index (Phi) is 54.1. The maximum absolute atomic E-state index is 12.9. The van der Waals surface area contributed by atoms with Gasteiger partial charge in [-0.3, -0.25) is 9.59 Å². The van der Waals surface area contributed by atoms with E-state index in [0.29, 0.717) is 17.4 Å². The third-order valence-electron chi connectivity index (χ3n) is 12.8. The summed E-state index contributed by atoms with van der Waals surface area (Å²) in [6.45, 7) is 4.74. The molecule has 76 heavy (non-hydrogen) atoms. The van der Waals surface area contributed by atoms with Crippen LogP contribution in [0, 0.1) is 0 Å². The van der Waals surface area contributed by atoms with Gasteiger partial charge in [-0.2, -0.15) is 0 Å². The second-order valence-corrected chi connectivity index (χ2v) is 21.3. The van der Waals surface area contributed by atoms with Crippen molar-refractivity contribution in [2.45, 2.75) is 251 Å². The van der Waals surface area contributed by atoms with E-state index in [1.165, 1.54) is 89.9 Å². The minimum absolute atomic E-state index is 0.181. The summed E-state index contributed by atoms with van der Waals surface area (Å²) in [7, 11) is 5.96. The molecule has 9 nitrogen and oxygen atoms in total. The molecular formula is C67H114NO8+. The van der Waals surface area contributed by atoms with E-state index in [9.17, 15) is 19.5 Å². The van der Waals surface area contributed by atoms with Crippen molar-refractivity contribution < 1.29 is 42.9 Å². The van der Waals surface area contributed by atoms with Crippen LogP contribution >= 0.6 is 0 Å². The van der Waals surface area contributed by atoms with Gasteiger partial charge in [0.1, 0.15) is 13.2 Å². The lowest BCUT2D eigenvalue weighted by molar-refractivity contribution is -0.870. The first kappa shape index (κ1) is 72.0. The molecule has 0 rings (SSSR count). The van der Waals surface area contributed by atoms with E-state index in [1.54, 1.807) is 0 Å². The van der Waals surface area contributed by atoms with Crippen LogP contribution in [0.4, 0.5) is 0 Å². The molecule has 0 aliphatic carbocycles. The number of quaternary nitrogens is 1. The first-order valence-corrected chi connectivity index (χ1v) is 30.6. The number of hydrogen-bond acceptors (Lipinski definition) is 7. The standard InChI is InChI=1S/C67H113NO8/c1-6-8-10-12-14-16-18-20-22-24-25-26-27-28-29-30-31-32-33-34-35-36-37-38-39-40-41-42-44-46-48-50-52-54-56-58-65(70)76-63(62-75-67(66(71)72)73-60-59-68(3,4)5)61-74-64(69)57-55-53-51-49-47-45-43-23-21-19-17-15-13-11-9-7-2/h8,10,14,16,20,22-23,25-26,28-29,31-32,34-35,37-38,43,63,67H,6-7,9,11-13,15,17-19,21,24,27,30,33,36,39-42,44-62H2,1-5H3/p+1/b10-8-,16-14-,22-20-,26-25-,29-28-,32-31-,35-34-,38-37-,43-23-. The first-order valence-electron chi connectivity index (χ1n) is 30.6. The molecule has 0 fully saturated rings. The van der Waals surface area contributed by atoms with Crippen molar-refractivity contribution in [2.75, 3.05) is 47.5 Å². The molecule has 0 heterocycles. The predicted octanol–water partition coefficient (Wildman–Crippen LogP) is 18.3. The zero-order valence-electron chi connectivity index (χ0n) is 49.4. The van der Waals surface area contributed by atoms with Crippen molar-refractivity contribution in [2.24, 2.45) is 0 Å². The van der Waals surface area contributed by atoms with Crippen LogP contribution < -0.4 is 0 Å². The third kappa shape index (κ3) is 57.7. The largest absolute Gasteiger partial charge is 0.477 e. The van der Waals surface area contributed by atoms with Crippen molar-refractivity contribution >= 4 is 17.9 Å². The van der Waals surface area contributed by atoms with Crippen LogP contribution in [0.3, 0.4) is 0 Å². The molecule has 0 bridgehead atoms. The quantitative estimate of drug-likeness (QED) is 0.0211. The Morgan fingerprint density at radius 1 is 0.408 bits per heavy atom. The number of carboxylic acid groups (broad SMARTS) is 1. The average molecular weight is 1060 g/mol. The number of carbonyl (C=O) groups is 3. The van der Waals surface area contributed by atoms with Crippen LogP contribution in [0.2, 0.25) is 0 Å². The van der Waals surface area contributed by atoms with Gasteiger partial charge >= 0.3 is 17.9 Å². The third-order valence-corrected chi connectivity index (χ3v) is 12.8. The first-order chi connectivity index (χ1) is 37.1. The number of allylic oxidation sites excluding steroid dienone is 18. The van der Waals surface area contributed by atoms with Crippen molar-refractivity contribution in [3.05, 3.63) is 109 Å². The normalized spacial score (nSPS) is 13.5. The fraction of sp³-hybridized carbons (Fsp3) is 0.687. The van der Waals surface area contributed by atoms with Crippen LogP contribution in [-0.2, 0) is 33.3 Å². The molecule has 0 saturated heterocycles. The highest BCUT2D eigenvalue weighted by atomic mass is 16.7. The van der Waals surface area contributed by atoms with E-state index in [-0.39, 0.29) is 38.6 Å². The molecule has 2 unspecified atom stereocenters. The number of unbranched alkanes of at least 4 members (excludes halogenated alkanes) is 22. The summed E-state index contributed by atoms with van der Waals surface area (Å²) in [6.07, 6.45) is 76.0. The van der Waals surface area contributed by atoms with Crippen LogP contribution in [0.5, 0.6) is 0 Å². The molecule has 0 aromatic heterocycles. The Morgan fingerprint density at radius 3 is 1.13 bits per heavy atom. The maximum atomic E-state index is 12.9. The van der Waals surface area contributed by atoms with Gasteiger partial charge in [-0.25, -0.2) is 4.79 Å². The van der Waals surface area contributed by atoms with E-state index in [4.69, 9.17) is 18.9 Å². The van der Waals surface area contributed by atoms with Gasteiger partial charge in [0.2, 0.25) is 0 Å². The maximum Gasteiger partial charge on any atom is 0.361 e. The van der Waals surface area contributed by atoms with Crippen molar-refractivity contribution in [3.8, 4) is 0 Å². The molecule has 0 amide bonds. The molecule has 0 radical (unpaired) electrons. The molecule has 9 heteroatoms. The van der Waals surface area contributed by atoms with Crippen molar-refractivity contribution in [1.29, 1.82) is 0 Å². The van der Waals surface area contributed by atoms with Crippen LogP contribution in [0.25, 0.3) is 0 Å². The average Bonchev–Trinajstić information content (AvgIpc) is 3.39. The lowest BCUT2D eigenvalue weighted by atomic mass is 10.0. The number of rotatable bonds is 55. The number of nitrogens with zero attached hydrogens (tertiary/aromatic N) is 1. The molecular weight excluding hydrogens is 947 g/mol. The lowest BCUT2D eigenvalue weighted by Gasteiger charge is -2.25. The SMILES string of the molecule is CC/C=C\C/C=C\C/C=C\C/C=C\C/C=C\C/C=C\C/C=C\C/C=C\CCCCCCCCCCCCC(=O)OC(COC(=O)CCCCCCC/C=C\CCCCCCCCC)COC(OCC[N+](C)(C)C)C(=O)O. The van der Waals surface area contributed by atoms with Gasteiger partial charge in [-0.05, 0) is 103 Å². The Labute approximate surface area is 466 Å². The lowest BCUT2D eigenvalue weighted by Crippen LogP contribution is -2.40. The van der Waals surface area contributed by atoms with Gasteiger partial charge < -0.3 is 28.5 Å². The Morgan fingerprint density at radius 2 is 0.750 bits per heavy atom. The summed E-state index contributed by atoms with van der Waals surface area (Å²) < 4.78 is 22.9. The summed E-state index contributed by atoms with van der Waals surface area (Å²) in [6, 6.07) is 0. The zero-order valence-corrected chi connectivity index (χ0v) is 49.4. The number of esters is 2. The Balaban J connectivity index is 4.20. The number of ether oxygens (including phenoxy) is 4. The number of aliphatic carboxylic acids is 1. The minimum atomic E-state index is -1.52. The molecule has 0 aliphatic heterocycles. The summed E-state index contributed by atoms with van der Waals surface area (Å²) in [5, 5.41) is 9.70. The van der Waals surface area contributed by atoms with Crippen molar-refractivity contribution in [3.63, 3.8) is 0 Å². The highest BCUT2D eigenvalue weighted by Crippen LogP contribution is 2.15. The summed E-state index contributed by atoms with van der Waals surface area (Å²) in [5.41, 5.74) is 0. The van der Waals surface area contributed by atoms with E-state index >= 15 is 0 Å². The molecule has 0 aromatic rings. The fourth-order valence-corrected chi connectivity index (χ4v) is 8.08. The molecule has 1 N–H and O–H groups in total. The molecule has 0 spiro atoms. The number of likely N-dealkylation sites (N-methyl/N-ethyl adjacent to an activating group) is 1. The second-order valence-electron chi connectivity index (χ2n) is 21.3. The predicted molar refractivity (Wildman–Crippen MR) is 322 cm³/mol. The number of carboxylic acids is 1. The van der Waals surface area contributed by atoms with E-state index in [0.717, 1.165) is 116 Å². The summed E-state index contributed by atoms with van der Waals surface area (Å²) in [5.74, 6) is -2.03. The smallest absolute Gasteiger partial charge is 0.361 e. The van der Waals surface area contributed by atoms with E-state index in [1.807, 2.05) is 21.1 Å². The Hall–Kier alpha value is -4.05. The van der Waals surface area contributed by atoms with Gasteiger partial charge in [0.15, 0.2) is 6.10 Å². The topological polar surface area (TPSA) is 108 Å². The highest BCUT2D eigenvalue weighted by molar-refractivity contribution is 5.71. The van der Waals surface area contributed by atoms with Gasteiger partial charge in [-0.15, -0.1) is 0 Å². The molecule has 0 saturated carbocycles.